The molecule has 0 aromatic heterocycles. The summed E-state index contributed by atoms with van der Waals surface area (Å²) in [5.74, 6) is -0.601. The molecular formula is C20H21BrClFN4O. The van der Waals surface area contributed by atoms with Crippen molar-refractivity contribution in [2.24, 2.45) is 5.10 Å². The van der Waals surface area contributed by atoms with Gasteiger partial charge in [-0.2, -0.15) is 5.10 Å². The molecule has 1 aliphatic rings. The van der Waals surface area contributed by atoms with Crippen LogP contribution < -0.4 is 5.43 Å². The lowest BCUT2D eigenvalue weighted by Gasteiger charge is -2.34. The molecule has 0 unspecified atom stereocenters. The van der Waals surface area contributed by atoms with Gasteiger partial charge in [0.2, 0.25) is 0 Å². The highest BCUT2D eigenvalue weighted by molar-refractivity contribution is 9.10. The van der Waals surface area contributed by atoms with Crippen molar-refractivity contribution < 1.29 is 9.18 Å². The fraction of sp³-hybridized carbons (Fsp3) is 0.300. The van der Waals surface area contributed by atoms with Gasteiger partial charge in [-0.05, 0) is 35.9 Å². The smallest absolute Gasteiger partial charge is 0.254 e. The second-order valence-electron chi connectivity index (χ2n) is 6.64. The fourth-order valence-electron chi connectivity index (χ4n) is 2.98. The molecule has 1 amide bonds. The predicted octanol–water partition coefficient (Wildman–Crippen LogP) is 3.51. The van der Waals surface area contributed by atoms with Crippen LogP contribution in [0.3, 0.4) is 0 Å². The van der Waals surface area contributed by atoms with Gasteiger partial charge >= 0.3 is 0 Å². The van der Waals surface area contributed by atoms with E-state index in [4.69, 9.17) is 11.6 Å². The van der Waals surface area contributed by atoms with Gasteiger partial charge in [-0.25, -0.2) is 9.82 Å². The maximum Gasteiger partial charge on any atom is 0.254 e. The minimum absolute atomic E-state index is 0.210. The largest absolute Gasteiger partial charge is 0.297 e. The molecule has 2 aromatic carbocycles. The summed E-state index contributed by atoms with van der Waals surface area (Å²) in [7, 11) is 0. The van der Waals surface area contributed by atoms with Crippen molar-refractivity contribution in [3.63, 3.8) is 0 Å². The van der Waals surface area contributed by atoms with Gasteiger partial charge < -0.3 is 0 Å². The summed E-state index contributed by atoms with van der Waals surface area (Å²) < 4.78 is 14.4. The number of hydrogen-bond donors (Lipinski definition) is 1. The summed E-state index contributed by atoms with van der Waals surface area (Å²) >= 11 is 9.20. The number of hydrazone groups is 1. The number of benzene rings is 2. The zero-order valence-electron chi connectivity index (χ0n) is 15.2. The maximum absolute atomic E-state index is 13.6. The molecule has 28 heavy (non-hydrogen) atoms. The lowest BCUT2D eigenvalue weighted by Crippen LogP contribution is -2.48. The average molecular weight is 468 g/mol. The number of carbonyl (C=O) groups excluding carboxylic acids is 1. The minimum atomic E-state index is -0.391. The molecule has 1 N–H and O–H groups in total. The summed E-state index contributed by atoms with van der Waals surface area (Å²) in [6, 6.07) is 12.4. The third kappa shape index (κ3) is 6.38. The van der Waals surface area contributed by atoms with Gasteiger partial charge in [0.15, 0.2) is 0 Å². The number of carbonyl (C=O) groups is 1. The Hall–Kier alpha value is -1.80. The molecule has 0 atom stereocenters. The van der Waals surface area contributed by atoms with Gasteiger partial charge in [-0.3, -0.25) is 14.6 Å². The minimum Gasteiger partial charge on any atom is -0.297 e. The lowest BCUT2D eigenvalue weighted by molar-refractivity contribution is -0.122. The number of hydrogen-bond acceptors (Lipinski definition) is 4. The summed E-state index contributed by atoms with van der Waals surface area (Å²) in [5, 5.41) is 4.59. The number of amides is 1. The number of piperazine rings is 1. The van der Waals surface area contributed by atoms with Crippen molar-refractivity contribution in [3.05, 3.63) is 68.9 Å². The van der Waals surface area contributed by atoms with E-state index < -0.39 is 5.82 Å². The SMILES string of the molecule is O=C(CN1CCN(Cc2ccc(Cl)cc2)CC1)N/N=C\c1cc(Br)ccc1F. The van der Waals surface area contributed by atoms with Crippen molar-refractivity contribution >= 4 is 39.7 Å². The van der Waals surface area contributed by atoms with Crippen LogP contribution >= 0.6 is 27.5 Å². The topological polar surface area (TPSA) is 47.9 Å². The summed E-state index contributed by atoms with van der Waals surface area (Å²) in [6.45, 7) is 4.55. The van der Waals surface area contributed by atoms with Crippen LogP contribution in [0.4, 0.5) is 4.39 Å². The van der Waals surface area contributed by atoms with Gasteiger partial charge in [-0.15, -0.1) is 0 Å². The standard InChI is InChI=1S/C20H21BrClFN4O/c21-17-3-6-19(23)16(11-17)12-24-25-20(28)14-27-9-7-26(8-10-27)13-15-1-4-18(22)5-2-15/h1-6,11-12H,7-10,13-14H2,(H,25,28)/b24-12-. The van der Waals surface area contributed by atoms with Crippen LogP contribution in [0, 0.1) is 5.82 Å². The van der Waals surface area contributed by atoms with Gasteiger partial charge in [0.05, 0.1) is 12.8 Å². The molecule has 0 aliphatic carbocycles. The molecule has 0 bridgehead atoms. The van der Waals surface area contributed by atoms with Crippen molar-refractivity contribution in [2.45, 2.75) is 6.54 Å². The van der Waals surface area contributed by atoms with E-state index in [1.165, 1.54) is 17.8 Å². The molecule has 1 aliphatic heterocycles. The summed E-state index contributed by atoms with van der Waals surface area (Å²) in [6.07, 6.45) is 1.31. The predicted molar refractivity (Wildman–Crippen MR) is 113 cm³/mol. The van der Waals surface area contributed by atoms with Gasteiger partial charge in [0.25, 0.3) is 5.91 Å². The van der Waals surface area contributed by atoms with E-state index in [1.807, 2.05) is 24.3 Å². The van der Waals surface area contributed by atoms with Crippen molar-refractivity contribution in [1.82, 2.24) is 15.2 Å². The Balaban J connectivity index is 1.40. The lowest BCUT2D eigenvalue weighted by atomic mass is 10.2. The van der Waals surface area contributed by atoms with Crippen LogP contribution in [0.15, 0.2) is 52.0 Å². The van der Waals surface area contributed by atoms with Crippen molar-refractivity contribution in [2.75, 3.05) is 32.7 Å². The molecule has 0 spiro atoms. The van der Waals surface area contributed by atoms with E-state index in [9.17, 15) is 9.18 Å². The molecule has 0 saturated carbocycles. The van der Waals surface area contributed by atoms with Crippen LogP contribution in [-0.4, -0.2) is 54.6 Å². The Labute approximate surface area is 177 Å². The molecule has 1 heterocycles. The molecule has 1 fully saturated rings. The molecule has 148 valence electrons. The third-order valence-corrected chi connectivity index (χ3v) is 5.25. The first-order valence-electron chi connectivity index (χ1n) is 8.96. The van der Waals surface area contributed by atoms with E-state index in [2.05, 4.69) is 36.3 Å². The van der Waals surface area contributed by atoms with Crippen molar-refractivity contribution in [1.29, 1.82) is 0 Å². The van der Waals surface area contributed by atoms with Crippen LogP contribution in [0.2, 0.25) is 5.02 Å². The van der Waals surface area contributed by atoms with Crippen LogP contribution in [0.25, 0.3) is 0 Å². The van der Waals surface area contributed by atoms with Crippen molar-refractivity contribution in [3.8, 4) is 0 Å². The van der Waals surface area contributed by atoms with E-state index in [0.29, 0.717) is 5.56 Å². The maximum atomic E-state index is 13.6. The molecule has 2 aromatic rings. The molecule has 5 nitrogen and oxygen atoms in total. The van der Waals surface area contributed by atoms with Crippen LogP contribution in [0.1, 0.15) is 11.1 Å². The molecule has 3 rings (SSSR count). The third-order valence-electron chi connectivity index (χ3n) is 4.50. The van der Waals surface area contributed by atoms with Crippen LogP contribution in [0.5, 0.6) is 0 Å². The monoisotopic (exact) mass is 466 g/mol. The highest BCUT2D eigenvalue weighted by atomic mass is 79.9. The first kappa shape index (κ1) is 20.9. The second-order valence-corrected chi connectivity index (χ2v) is 7.99. The van der Waals surface area contributed by atoms with Gasteiger partial charge in [0.1, 0.15) is 5.82 Å². The average Bonchev–Trinajstić information content (AvgIpc) is 2.68. The van der Waals surface area contributed by atoms with E-state index >= 15 is 0 Å². The molecular weight excluding hydrogens is 447 g/mol. The quantitative estimate of drug-likeness (QED) is 0.522. The van der Waals surface area contributed by atoms with Gasteiger partial charge in [-0.1, -0.05) is 39.7 Å². The molecule has 8 heteroatoms. The first-order valence-corrected chi connectivity index (χ1v) is 10.1. The van der Waals surface area contributed by atoms with E-state index in [0.717, 1.165) is 42.2 Å². The zero-order valence-corrected chi connectivity index (χ0v) is 17.6. The summed E-state index contributed by atoms with van der Waals surface area (Å²) in [4.78, 5) is 16.5. The van der Waals surface area contributed by atoms with E-state index in [1.54, 1.807) is 12.1 Å². The van der Waals surface area contributed by atoms with Gasteiger partial charge in [0, 0.05) is 47.8 Å². The van der Waals surface area contributed by atoms with E-state index in [-0.39, 0.29) is 12.5 Å². The second kappa shape index (κ2) is 10.1. The Kier molecular flexibility index (Phi) is 7.56. The molecule has 1 saturated heterocycles. The highest BCUT2D eigenvalue weighted by Crippen LogP contribution is 2.14. The number of nitrogens with one attached hydrogen (secondary N) is 1. The Morgan fingerprint density at radius 1 is 1.14 bits per heavy atom. The summed E-state index contributed by atoms with van der Waals surface area (Å²) in [5.41, 5.74) is 4.00. The number of halogens is 3. The molecule has 0 radical (unpaired) electrons. The normalized spacial score (nSPS) is 15.8. The first-order chi connectivity index (χ1) is 13.5. The van der Waals surface area contributed by atoms with Crippen LogP contribution in [-0.2, 0) is 11.3 Å². The Bertz CT molecular complexity index is 839. The zero-order chi connectivity index (χ0) is 19.9. The Morgan fingerprint density at radius 2 is 1.82 bits per heavy atom. The number of rotatable bonds is 6. The Morgan fingerprint density at radius 3 is 2.54 bits per heavy atom. The number of nitrogens with zero attached hydrogens (tertiary/aromatic N) is 3. The highest BCUT2D eigenvalue weighted by Gasteiger charge is 2.18. The fourth-order valence-corrected chi connectivity index (χ4v) is 3.48.